The zero-order valence-corrected chi connectivity index (χ0v) is 23.6. The summed E-state index contributed by atoms with van der Waals surface area (Å²) in [6.07, 6.45) is 5.25. The Balaban J connectivity index is 1.19. The number of aromatic nitrogens is 4. The second-order valence-electron chi connectivity index (χ2n) is 10.4. The number of rotatable bonds is 8. The van der Waals surface area contributed by atoms with Crippen molar-refractivity contribution in [2.45, 2.75) is 18.8 Å². The van der Waals surface area contributed by atoms with Crippen LogP contribution < -0.4 is 16.0 Å². The first kappa shape index (κ1) is 26.1. The molecule has 5 heterocycles. The number of nitrogens with one attached hydrogen (secondary N) is 3. The van der Waals surface area contributed by atoms with E-state index in [0.717, 1.165) is 58.3 Å². The van der Waals surface area contributed by atoms with E-state index < -0.39 is 0 Å². The van der Waals surface area contributed by atoms with Gasteiger partial charge in [-0.05, 0) is 89.3 Å². The summed E-state index contributed by atoms with van der Waals surface area (Å²) in [5.74, 6) is 1.02. The van der Waals surface area contributed by atoms with Gasteiger partial charge in [0, 0.05) is 35.9 Å². The molecular formula is C33H29N7OS. The maximum atomic E-state index is 12.7. The maximum absolute atomic E-state index is 12.7. The van der Waals surface area contributed by atoms with Crippen LogP contribution in [0.25, 0.3) is 28.3 Å². The smallest absolute Gasteiger partial charge is 0.228 e. The number of carbonyl (C=O) groups excluding carboxylic acids is 1. The van der Waals surface area contributed by atoms with Crippen LogP contribution in [0.2, 0.25) is 0 Å². The van der Waals surface area contributed by atoms with Gasteiger partial charge in [0.25, 0.3) is 0 Å². The first-order valence-corrected chi connectivity index (χ1v) is 14.9. The number of nitrogens with zero attached hydrogens (tertiary/aromatic N) is 4. The van der Waals surface area contributed by atoms with Crippen molar-refractivity contribution < 1.29 is 4.79 Å². The van der Waals surface area contributed by atoms with Crippen molar-refractivity contribution in [3.8, 4) is 22.6 Å². The molecule has 1 aliphatic heterocycles. The van der Waals surface area contributed by atoms with E-state index in [-0.39, 0.29) is 5.91 Å². The molecule has 6 aromatic rings. The van der Waals surface area contributed by atoms with E-state index in [1.165, 1.54) is 12.0 Å². The molecule has 0 bridgehead atoms. The predicted molar refractivity (Wildman–Crippen MR) is 168 cm³/mol. The summed E-state index contributed by atoms with van der Waals surface area (Å²) >= 11 is 1.59. The van der Waals surface area contributed by atoms with E-state index in [9.17, 15) is 4.79 Å². The van der Waals surface area contributed by atoms with Crippen molar-refractivity contribution in [3.63, 3.8) is 0 Å². The van der Waals surface area contributed by atoms with E-state index in [2.05, 4.69) is 45.2 Å². The Morgan fingerprint density at radius 3 is 2.76 bits per heavy atom. The molecule has 208 valence electrons. The first-order chi connectivity index (χ1) is 20.7. The van der Waals surface area contributed by atoms with E-state index in [0.29, 0.717) is 18.3 Å². The van der Waals surface area contributed by atoms with Gasteiger partial charge in [-0.2, -0.15) is 11.3 Å². The Kier molecular flexibility index (Phi) is 7.17. The van der Waals surface area contributed by atoms with Crippen molar-refractivity contribution >= 4 is 40.2 Å². The first-order valence-electron chi connectivity index (χ1n) is 14.0. The number of thiophene rings is 1. The van der Waals surface area contributed by atoms with E-state index in [1.54, 1.807) is 17.5 Å². The maximum Gasteiger partial charge on any atom is 0.228 e. The summed E-state index contributed by atoms with van der Waals surface area (Å²) in [6.45, 7) is 2.11. The van der Waals surface area contributed by atoms with Crippen molar-refractivity contribution in [2.75, 3.05) is 23.7 Å². The zero-order chi connectivity index (χ0) is 28.3. The minimum absolute atomic E-state index is 0.0553. The highest BCUT2D eigenvalue weighted by atomic mass is 32.1. The van der Waals surface area contributed by atoms with E-state index in [4.69, 9.17) is 9.97 Å². The van der Waals surface area contributed by atoms with Crippen LogP contribution >= 0.6 is 11.3 Å². The Morgan fingerprint density at radius 1 is 1.00 bits per heavy atom. The molecule has 7 rings (SSSR count). The molecule has 4 aromatic heterocycles. The van der Waals surface area contributed by atoms with Gasteiger partial charge in [-0.1, -0.05) is 30.3 Å². The second-order valence-corrected chi connectivity index (χ2v) is 11.2. The topological polar surface area (TPSA) is 96.2 Å². The third-order valence-electron chi connectivity index (χ3n) is 7.49. The number of amides is 1. The van der Waals surface area contributed by atoms with Gasteiger partial charge in [-0.3, -0.25) is 9.20 Å². The largest absolute Gasteiger partial charge is 0.326 e. The molecular weight excluding hydrogens is 542 g/mol. The van der Waals surface area contributed by atoms with Gasteiger partial charge in [0.05, 0.1) is 23.5 Å². The lowest BCUT2D eigenvalue weighted by Crippen LogP contribution is -2.13. The minimum Gasteiger partial charge on any atom is -0.326 e. The number of hydrogen-bond donors (Lipinski definition) is 3. The second kappa shape index (κ2) is 11.6. The van der Waals surface area contributed by atoms with Gasteiger partial charge < -0.3 is 16.0 Å². The van der Waals surface area contributed by atoms with Crippen LogP contribution in [-0.2, 0) is 11.2 Å². The highest BCUT2D eigenvalue weighted by molar-refractivity contribution is 7.08. The summed E-state index contributed by atoms with van der Waals surface area (Å²) in [4.78, 5) is 27.0. The van der Waals surface area contributed by atoms with Crippen LogP contribution in [-0.4, -0.2) is 38.3 Å². The molecule has 9 heteroatoms. The molecule has 1 aliphatic rings. The summed E-state index contributed by atoms with van der Waals surface area (Å²) in [5, 5.41) is 13.8. The average molecular weight is 572 g/mol. The van der Waals surface area contributed by atoms with Gasteiger partial charge >= 0.3 is 0 Å². The third-order valence-corrected chi connectivity index (χ3v) is 8.22. The third kappa shape index (κ3) is 5.52. The summed E-state index contributed by atoms with van der Waals surface area (Å²) in [5.41, 5.74) is 8.06. The number of pyridine rings is 1. The van der Waals surface area contributed by atoms with Crippen LogP contribution in [0.1, 0.15) is 23.5 Å². The average Bonchev–Trinajstić information content (AvgIpc) is 3.80. The van der Waals surface area contributed by atoms with Gasteiger partial charge in [0.1, 0.15) is 5.65 Å². The molecule has 2 aromatic carbocycles. The number of imidazole rings is 1. The van der Waals surface area contributed by atoms with Crippen LogP contribution in [0.5, 0.6) is 0 Å². The van der Waals surface area contributed by atoms with Crippen molar-refractivity contribution in [2.24, 2.45) is 0 Å². The number of fused-ring (bicyclic) bond motifs is 1. The van der Waals surface area contributed by atoms with E-state index in [1.807, 2.05) is 76.0 Å². The molecule has 8 nitrogen and oxygen atoms in total. The highest BCUT2D eigenvalue weighted by Gasteiger charge is 2.19. The van der Waals surface area contributed by atoms with Gasteiger partial charge in [0.15, 0.2) is 0 Å². The quantitative estimate of drug-likeness (QED) is 0.192. The number of hydrogen-bond acceptors (Lipinski definition) is 7. The molecule has 1 saturated heterocycles. The van der Waals surface area contributed by atoms with Crippen LogP contribution in [0.3, 0.4) is 0 Å². The van der Waals surface area contributed by atoms with Crippen molar-refractivity contribution in [3.05, 3.63) is 113 Å². The molecule has 0 radical (unpaired) electrons. The standard InChI is InChI=1S/C33H29N7OS/c41-30(18-22-13-17-42-21-22)36-27-5-3-4-24(19-27)31-32(40-16-2-1-6-29(40)39-31)28-12-15-35-33(38-28)37-26-9-7-23(8-10-26)25-11-14-34-20-25/h1-10,12-13,15-17,19,21,25,34H,11,14,18,20H2,(H,36,41)(H,35,37,38). The van der Waals surface area contributed by atoms with Crippen molar-refractivity contribution in [1.82, 2.24) is 24.7 Å². The predicted octanol–water partition coefficient (Wildman–Crippen LogP) is 6.52. The fourth-order valence-electron chi connectivity index (χ4n) is 5.43. The molecule has 1 fully saturated rings. The Bertz CT molecular complexity index is 1840. The van der Waals surface area contributed by atoms with Gasteiger partial charge in [0.2, 0.25) is 11.9 Å². The Hall–Kier alpha value is -4.86. The number of benzene rings is 2. The van der Waals surface area contributed by atoms with E-state index >= 15 is 0 Å². The molecule has 0 spiro atoms. The molecule has 1 unspecified atom stereocenters. The summed E-state index contributed by atoms with van der Waals surface area (Å²) in [6, 6.07) is 26.1. The Labute approximate surface area is 247 Å². The summed E-state index contributed by atoms with van der Waals surface area (Å²) in [7, 11) is 0. The normalized spacial score (nSPS) is 14.7. The highest BCUT2D eigenvalue weighted by Crippen LogP contribution is 2.33. The number of anilines is 3. The lowest BCUT2D eigenvalue weighted by molar-refractivity contribution is -0.115. The zero-order valence-electron chi connectivity index (χ0n) is 22.8. The van der Waals surface area contributed by atoms with Crippen LogP contribution in [0, 0.1) is 0 Å². The molecule has 1 amide bonds. The van der Waals surface area contributed by atoms with Crippen LogP contribution in [0.4, 0.5) is 17.3 Å². The Morgan fingerprint density at radius 2 is 1.93 bits per heavy atom. The lowest BCUT2D eigenvalue weighted by atomic mass is 9.98. The lowest BCUT2D eigenvalue weighted by Gasteiger charge is -2.11. The molecule has 1 atom stereocenters. The fourth-order valence-corrected chi connectivity index (χ4v) is 6.10. The van der Waals surface area contributed by atoms with Gasteiger partial charge in [-0.25, -0.2) is 15.0 Å². The SMILES string of the molecule is O=C(Cc1ccsc1)Nc1cccc(-c2nc3ccccn3c2-c2ccnc(Nc3ccc(C4CCNC4)cc3)n2)c1. The minimum atomic E-state index is -0.0553. The summed E-state index contributed by atoms with van der Waals surface area (Å²) < 4.78 is 2.04. The molecule has 0 saturated carbocycles. The number of carbonyl (C=O) groups is 1. The van der Waals surface area contributed by atoms with Crippen LogP contribution in [0.15, 0.2) is 102 Å². The monoisotopic (exact) mass is 571 g/mol. The van der Waals surface area contributed by atoms with Gasteiger partial charge in [-0.15, -0.1) is 0 Å². The molecule has 42 heavy (non-hydrogen) atoms. The fraction of sp³-hybridized carbons (Fsp3) is 0.152. The van der Waals surface area contributed by atoms with Crippen molar-refractivity contribution in [1.29, 1.82) is 0 Å². The molecule has 3 N–H and O–H groups in total. The molecule has 0 aliphatic carbocycles.